The van der Waals surface area contributed by atoms with Crippen molar-refractivity contribution >= 4 is 59.0 Å². The summed E-state index contributed by atoms with van der Waals surface area (Å²) in [6.07, 6.45) is -5.70. The molecule has 0 fully saturated rings. The first kappa shape index (κ1) is 61.3. The summed E-state index contributed by atoms with van der Waals surface area (Å²) in [4.78, 5) is 81.2. The zero-order valence-electron chi connectivity index (χ0n) is 48.8. The Hall–Kier alpha value is -11.3. The number of aryl methyl sites for hydroxylation is 3. The monoisotopic (exact) mass is 1230 g/mol. The number of alkyl halides is 3. The second-order valence-corrected chi connectivity index (χ2v) is 22.0. The predicted molar refractivity (Wildman–Crippen MR) is 330 cm³/mol. The average molecular weight is 1230 g/mol. The lowest BCUT2D eigenvalue weighted by Gasteiger charge is -2.36. The summed E-state index contributed by atoms with van der Waals surface area (Å²) in [5, 5.41) is 8.31. The maximum Gasteiger partial charge on any atom is 0.446 e. The molecule has 15 rings (SSSR count). The molecule has 16 nitrogen and oxygen atoms in total. The van der Waals surface area contributed by atoms with Crippen LogP contribution in [0.15, 0.2) is 182 Å². The molecule has 3 amide bonds. The van der Waals surface area contributed by atoms with E-state index in [9.17, 15) is 41.9 Å². The predicted octanol–water partition coefficient (Wildman–Crippen LogP) is 14.9. The van der Waals surface area contributed by atoms with Crippen LogP contribution in [0.4, 0.5) is 30.2 Å². The first-order valence-electron chi connectivity index (χ1n) is 28.2. The molecular formula is C72H56F3N3O13. The van der Waals surface area contributed by atoms with Crippen LogP contribution in [0.5, 0.6) is 34.5 Å². The van der Waals surface area contributed by atoms with Crippen molar-refractivity contribution < 1.29 is 75.2 Å². The molecule has 0 radical (unpaired) electrons. The molecule has 6 heterocycles. The van der Waals surface area contributed by atoms with Gasteiger partial charge in [-0.2, -0.15) is 13.2 Å². The lowest BCUT2D eigenvalue weighted by atomic mass is 9.77. The zero-order chi connectivity index (χ0) is 63.6. The highest BCUT2D eigenvalue weighted by Crippen LogP contribution is 2.60. The van der Waals surface area contributed by atoms with Gasteiger partial charge < -0.3 is 44.4 Å². The molecule has 0 saturated carbocycles. The Labute approximate surface area is 519 Å². The minimum Gasteiger partial charge on any atom is -0.456 e. The van der Waals surface area contributed by atoms with E-state index in [1.54, 1.807) is 54.6 Å². The second kappa shape index (κ2) is 23.3. The maximum absolute atomic E-state index is 12.7. The third-order valence-electron chi connectivity index (χ3n) is 15.7. The van der Waals surface area contributed by atoms with E-state index in [2.05, 4.69) is 16.0 Å². The van der Waals surface area contributed by atoms with Crippen molar-refractivity contribution in [2.24, 2.45) is 0 Å². The van der Waals surface area contributed by atoms with Gasteiger partial charge in [-0.1, -0.05) is 98.4 Å². The standard InChI is InChI=1S/3C23H17NO4.C2HF3O.CH4/c3*1-13-7-9-18-20(11-13)27-21-12-15(24-14(2)25)8-10-19(21)23(18)17-6-4-3-5-16(17)22(26)28-23;3-2(4,5)1-6;/h3*3-12H,1-2H3,(H,24,25);1H;1H4. The molecule has 9 aromatic carbocycles. The van der Waals surface area contributed by atoms with Crippen LogP contribution in [0, 0.1) is 20.8 Å². The minimum atomic E-state index is -4.64. The van der Waals surface area contributed by atoms with Gasteiger partial charge in [-0.05, 0) is 110 Å². The third kappa shape index (κ3) is 10.7. The van der Waals surface area contributed by atoms with E-state index >= 15 is 0 Å². The summed E-state index contributed by atoms with van der Waals surface area (Å²) in [6.45, 7) is 10.3. The number of rotatable bonds is 3. The number of ether oxygens (including phenoxy) is 6. The molecule has 3 atom stereocenters. The van der Waals surface area contributed by atoms with Crippen molar-refractivity contribution in [2.75, 3.05) is 16.0 Å². The topological polar surface area (TPSA) is 211 Å². The van der Waals surface area contributed by atoms with E-state index in [0.29, 0.717) is 68.2 Å². The van der Waals surface area contributed by atoms with Gasteiger partial charge in [-0.3, -0.25) is 19.2 Å². The van der Waals surface area contributed by atoms with Crippen LogP contribution in [0.3, 0.4) is 0 Å². The molecule has 3 spiro atoms. The van der Waals surface area contributed by atoms with E-state index in [1.807, 2.05) is 148 Å². The molecule has 0 aromatic heterocycles. The Morgan fingerprint density at radius 3 is 0.846 bits per heavy atom. The molecule has 19 heteroatoms. The Balaban J connectivity index is 0.000000133. The lowest BCUT2D eigenvalue weighted by Crippen LogP contribution is -2.33. The largest absolute Gasteiger partial charge is 0.456 e. The summed E-state index contributed by atoms with van der Waals surface area (Å²) in [7, 11) is 0. The van der Waals surface area contributed by atoms with E-state index in [1.165, 1.54) is 20.8 Å². The second-order valence-electron chi connectivity index (χ2n) is 22.0. The zero-order valence-corrected chi connectivity index (χ0v) is 48.8. The Morgan fingerprint density at radius 1 is 0.374 bits per heavy atom. The van der Waals surface area contributed by atoms with Gasteiger partial charge >= 0.3 is 24.1 Å². The highest BCUT2D eigenvalue weighted by atomic mass is 19.4. The van der Waals surface area contributed by atoms with Crippen LogP contribution >= 0.6 is 0 Å². The van der Waals surface area contributed by atoms with Crippen LogP contribution in [0.25, 0.3) is 0 Å². The number of esters is 3. The number of anilines is 3. The van der Waals surface area contributed by atoms with Crippen molar-refractivity contribution in [3.63, 3.8) is 0 Å². The van der Waals surface area contributed by atoms with E-state index in [-0.39, 0.29) is 43.1 Å². The fourth-order valence-electron chi connectivity index (χ4n) is 12.2. The number of benzene rings is 9. The molecule has 91 heavy (non-hydrogen) atoms. The molecule has 0 aliphatic carbocycles. The van der Waals surface area contributed by atoms with Gasteiger partial charge in [0.25, 0.3) is 0 Å². The van der Waals surface area contributed by atoms with Crippen LogP contribution in [-0.4, -0.2) is 48.1 Å². The molecule has 0 saturated heterocycles. The summed E-state index contributed by atoms with van der Waals surface area (Å²) < 4.78 is 68.0. The van der Waals surface area contributed by atoms with Crippen LogP contribution in [0.1, 0.15) is 126 Å². The highest BCUT2D eigenvalue weighted by Gasteiger charge is 2.56. The van der Waals surface area contributed by atoms with Gasteiger partial charge in [-0.25, -0.2) is 14.4 Å². The summed E-state index contributed by atoms with van der Waals surface area (Å²) in [6, 6.07) is 56.1. The maximum atomic E-state index is 12.7. The molecular weight excluding hydrogens is 1170 g/mol. The van der Waals surface area contributed by atoms with Crippen LogP contribution in [0.2, 0.25) is 0 Å². The summed E-state index contributed by atoms with van der Waals surface area (Å²) >= 11 is 0. The average Bonchev–Trinajstić information content (AvgIpc) is 1.66. The smallest absolute Gasteiger partial charge is 0.446 e. The first-order chi connectivity index (χ1) is 43.0. The van der Waals surface area contributed by atoms with E-state index < -0.39 is 29.3 Å². The lowest BCUT2D eigenvalue weighted by molar-refractivity contribution is -0.156. The number of hydrogen-bond donors (Lipinski definition) is 3. The number of halogens is 3. The van der Waals surface area contributed by atoms with Gasteiger partial charge in [0.05, 0.1) is 16.7 Å². The number of carbonyl (C=O) groups is 7. The summed E-state index contributed by atoms with van der Waals surface area (Å²) in [5.41, 5.74) is 10.3. The van der Waals surface area contributed by atoms with Crippen LogP contribution < -0.4 is 30.2 Å². The molecule has 3 N–H and O–H groups in total. The SMILES string of the molecule is C.CC(=O)Nc1ccc2c(c1)Oc1cc(C)ccc1C21OC(=O)c2ccccc21.CC(=O)Nc1ccc2c(c1)Oc1cc(C)ccc1C21OC(=O)c2ccccc21.CC(=O)Nc1ccc2c(c1)Oc1cc(C)ccc1C21OC(=O)c2ccccc21.O=CC(F)(F)F. The van der Waals surface area contributed by atoms with Crippen molar-refractivity contribution in [3.05, 3.63) is 265 Å². The molecule has 6 aliphatic heterocycles. The van der Waals surface area contributed by atoms with Crippen molar-refractivity contribution in [3.8, 4) is 34.5 Å². The fourth-order valence-corrected chi connectivity index (χ4v) is 12.2. The Morgan fingerprint density at radius 2 is 0.604 bits per heavy atom. The van der Waals surface area contributed by atoms with E-state index in [0.717, 1.165) is 66.8 Å². The van der Waals surface area contributed by atoms with Gasteiger partial charge in [-0.15, -0.1) is 0 Å². The van der Waals surface area contributed by atoms with Crippen LogP contribution in [-0.2, 0) is 50.2 Å². The molecule has 458 valence electrons. The van der Waals surface area contributed by atoms with E-state index in [4.69, 9.17) is 33.2 Å². The molecule has 9 aromatic rings. The number of nitrogens with one attached hydrogen (secondary N) is 3. The fraction of sp³-hybridized carbons (Fsp3) is 0.153. The third-order valence-corrected chi connectivity index (χ3v) is 15.7. The minimum absolute atomic E-state index is 0. The Bertz CT molecular complexity index is 4120. The van der Waals surface area contributed by atoms with Crippen molar-refractivity contribution in [2.45, 2.75) is 71.9 Å². The molecule has 6 aliphatic rings. The number of fused-ring (bicyclic) bond motifs is 18. The quantitative estimate of drug-likeness (QED) is 0.0855. The van der Waals surface area contributed by atoms with Gasteiger partial charge in [0.15, 0.2) is 16.8 Å². The number of hydrogen-bond acceptors (Lipinski definition) is 13. The summed E-state index contributed by atoms with van der Waals surface area (Å²) in [5.74, 6) is 1.98. The van der Waals surface area contributed by atoms with Crippen molar-refractivity contribution in [1.29, 1.82) is 0 Å². The van der Waals surface area contributed by atoms with Gasteiger partial charge in [0, 0.05) is 106 Å². The first-order valence-corrected chi connectivity index (χ1v) is 28.2. The number of aldehydes is 1. The normalized spacial score (nSPS) is 17.9. The van der Waals surface area contributed by atoms with Crippen molar-refractivity contribution in [1.82, 2.24) is 0 Å². The van der Waals surface area contributed by atoms with Gasteiger partial charge in [0.1, 0.15) is 34.5 Å². The highest BCUT2D eigenvalue weighted by molar-refractivity contribution is 6.00. The number of amides is 3. The van der Waals surface area contributed by atoms with Gasteiger partial charge in [0.2, 0.25) is 24.0 Å². The Kier molecular flexibility index (Phi) is 15.7. The molecule has 0 bridgehead atoms. The number of carbonyl (C=O) groups excluding carboxylic acids is 7. The molecule has 3 unspecified atom stereocenters.